The van der Waals surface area contributed by atoms with Crippen LogP contribution in [0.1, 0.15) is 37.3 Å². The van der Waals surface area contributed by atoms with Crippen molar-refractivity contribution in [2.24, 2.45) is 0 Å². The van der Waals surface area contributed by atoms with E-state index >= 15 is 0 Å². The van der Waals surface area contributed by atoms with E-state index in [0.29, 0.717) is 10.8 Å². The maximum atomic E-state index is 13.2. The molecule has 5 rings (SSSR count). The number of H-pyrrole nitrogens is 1. The number of carbonyl (C=O) groups is 3. The first-order chi connectivity index (χ1) is 21.2. The van der Waals surface area contributed by atoms with E-state index in [2.05, 4.69) is 0 Å². The summed E-state index contributed by atoms with van der Waals surface area (Å²) in [6, 6.07) is 23.5. The largest absolute Gasteiger partial charge is 0.459 e. The Kier molecular flexibility index (Phi) is 8.72. The number of nitrogens with one attached hydrogen (secondary N) is 1. The molecule has 1 fully saturated rings. The zero-order chi connectivity index (χ0) is 31.2. The normalized spacial score (nSPS) is 19.1. The van der Waals surface area contributed by atoms with Crippen molar-refractivity contribution < 1.29 is 38.3 Å². The number of ether oxygens (including phenoxy) is 4. The number of hydrogen-bond donors (Lipinski definition) is 1. The SMILES string of the molecule is O=C(OC[C@H]1O[C@@H](n2cc([N+](=O)[O-])c(=O)[nH]c2=O)[C@H](OC(=O)c2ccccc2)[C@@H]1OC(=O)c1ccccc1)c1ccccc1. The van der Waals surface area contributed by atoms with Crippen molar-refractivity contribution in [2.75, 3.05) is 6.61 Å². The van der Waals surface area contributed by atoms with Gasteiger partial charge in [-0.2, -0.15) is 0 Å². The minimum atomic E-state index is -1.67. The van der Waals surface area contributed by atoms with E-state index in [-0.39, 0.29) is 16.7 Å². The third kappa shape index (κ3) is 6.44. The molecule has 224 valence electrons. The molecule has 0 bridgehead atoms. The highest BCUT2D eigenvalue weighted by Gasteiger charge is 2.52. The Morgan fingerprint density at radius 2 is 1.25 bits per heavy atom. The summed E-state index contributed by atoms with van der Waals surface area (Å²) in [5.74, 6) is -2.51. The molecule has 0 unspecified atom stereocenters. The van der Waals surface area contributed by atoms with Gasteiger partial charge in [0.2, 0.25) is 0 Å². The molecule has 0 spiro atoms. The summed E-state index contributed by atoms with van der Waals surface area (Å²) in [4.78, 5) is 76.4. The number of hydrogen-bond acceptors (Lipinski definition) is 11. The number of esters is 3. The van der Waals surface area contributed by atoms with Crippen molar-refractivity contribution in [3.8, 4) is 0 Å². The summed E-state index contributed by atoms with van der Waals surface area (Å²) in [5, 5.41) is 11.5. The van der Waals surface area contributed by atoms with Crippen LogP contribution in [0.25, 0.3) is 0 Å². The van der Waals surface area contributed by atoms with E-state index in [1.165, 1.54) is 36.4 Å². The fourth-order valence-corrected chi connectivity index (χ4v) is 4.47. The van der Waals surface area contributed by atoms with Crippen LogP contribution in [0.5, 0.6) is 0 Å². The number of aromatic amines is 1. The van der Waals surface area contributed by atoms with Gasteiger partial charge in [0.1, 0.15) is 12.7 Å². The Balaban J connectivity index is 1.55. The van der Waals surface area contributed by atoms with Gasteiger partial charge in [-0.1, -0.05) is 54.6 Å². The Hall–Kier alpha value is -5.89. The van der Waals surface area contributed by atoms with Gasteiger partial charge in [0.25, 0.3) is 0 Å². The van der Waals surface area contributed by atoms with Gasteiger partial charge >= 0.3 is 34.8 Å². The second kappa shape index (κ2) is 13.0. The van der Waals surface area contributed by atoms with E-state index in [1.807, 2.05) is 4.98 Å². The third-order valence-electron chi connectivity index (χ3n) is 6.60. The fraction of sp³-hybridized carbons (Fsp3) is 0.167. The number of carbonyl (C=O) groups excluding carboxylic acids is 3. The molecule has 44 heavy (non-hydrogen) atoms. The van der Waals surface area contributed by atoms with Crippen molar-refractivity contribution in [3.63, 3.8) is 0 Å². The lowest BCUT2D eigenvalue weighted by Crippen LogP contribution is -2.43. The molecular weight excluding hydrogens is 578 g/mol. The zero-order valence-electron chi connectivity index (χ0n) is 22.6. The lowest BCUT2D eigenvalue weighted by atomic mass is 10.1. The maximum absolute atomic E-state index is 13.2. The third-order valence-corrected chi connectivity index (χ3v) is 6.60. The molecule has 1 aliphatic rings. The molecular formula is C30H23N3O11. The Bertz CT molecular complexity index is 1790. The number of benzene rings is 3. The predicted molar refractivity (Wildman–Crippen MR) is 150 cm³/mol. The van der Waals surface area contributed by atoms with E-state index in [9.17, 15) is 34.1 Å². The quantitative estimate of drug-likeness (QED) is 0.129. The van der Waals surface area contributed by atoms with Crippen LogP contribution < -0.4 is 11.2 Å². The van der Waals surface area contributed by atoms with Gasteiger partial charge in [0, 0.05) is 0 Å². The number of nitro groups is 1. The molecule has 1 aliphatic heterocycles. The summed E-state index contributed by atoms with van der Waals surface area (Å²) in [5.41, 5.74) is -2.98. The summed E-state index contributed by atoms with van der Waals surface area (Å²) in [6.45, 7) is -0.545. The minimum absolute atomic E-state index is 0.0955. The molecule has 4 aromatic rings. The molecule has 0 amide bonds. The van der Waals surface area contributed by atoms with Crippen LogP contribution in [0.3, 0.4) is 0 Å². The maximum Gasteiger partial charge on any atom is 0.350 e. The van der Waals surface area contributed by atoms with Gasteiger partial charge < -0.3 is 18.9 Å². The first kappa shape index (κ1) is 29.6. The lowest BCUT2D eigenvalue weighted by Gasteiger charge is -2.25. The first-order valence-electron chi connectivity index (χ1n) is 13.1. The molecule has 1 aromatic heterocycles. The van der Waals surface area contributed by atoms with Crippen molar-refractivity contribution in [1.82, 2.24) is 9.55 Å². The summed E-state index contributed by atoms with van der Waals surface area (Å²) in [6.07, 6.45) is -5.49. The highest BCUT2D eigenvalue weighted by atomic mass is 16.7. The predicted octanol–water partition coefficient (Wildman–Crippen LogP) is 2.65. The van der Waals surface area contributed by atoms with Crippen molar-refractivity contribution in [1.29, 1.82) is 0 Å². The van der Waals surface area contributed by atoms with E-state index in [1.54, 1.807) is 54.6 Å². The lowest BCUT2D eigenvalue weighted by molar-refractivity contribution is -0.387. The number of aromatic nitrogens is 2. The van der Waals surface area contributed by atoms with Gasteiger partial charge in [0.05, 0.1) is 27.8 Å². The van der Waals surface area contributed by atoms with Gasteiger partial charge in [-0.05, 0) is 36.4 Å². The summed E-state index contributed by atoms with van der Waals surface area (Å²) >= 11 is 0. The van der Waals surface area contributed by atoms with E-state index in [0.717, 1.165) is 0 Å². The molecule has 0 aliphatic carbocycles. The summed E-state index contributed by atoms with van der Waals surface area (Å²) in [7, 11) is 0. The monoisotopic (exact) mass is 601 g/mol. The fourth-order valence-electron chi connectivity index (χ4n) is 4.47. The van der Waals surface area contributed by atoms with E-state index in [4.69, 9.17) is 18.9 Å². The average Bonchev–Trinajstić information content (AvgIpc) is 3.36. The molecule has 0 radical (unpaired) electrons. The Morgan fingerprint density at radius 3 is 1.75 bits per heavy atom. The first-order valence-corrected chi connectivity index (χ1v) is 13.1. The van der Waals surface area contributed by atoms with Crippen molar-refractivity contribution in [3.05, 3.63) is 145 Å². The molecule has 14 nitrogen and oxygen atoms in total. The summed E-state index contributed by atoms with van der Waals surface area (Å²) < 4.78 is 23.5. The topological polar surface area (TPSA) is 186 Å². The molecule has 14 heteroatoms. The van der Waals surface area contributed by atoms with Gasteiger partial charge in [-0.25, -0.2) is 19.2 Å². The Labute approximate surface area is 247 Å². The Morgan fingerprint density at radius 1 is 0.773 bits per heavy atom. The van der Waals surface area contributed by atoms with Gasteiger partial charge in [0.15, 0.2) is 18.4 Å². The standard InChI is InChI=1S/C30H23N3O11/c34-25-21(33(39)40)16-32(30(38)31-25)26-24(44-29(37)20-14-8-3-9-15-20)23(43-28(36)19-12-6-2-7-13-19)22(42-26)17-41-27(35)18-10-4-1-5-11-18/h1-16,22-24,26H,17H2,(H,31,34,38)/t22-,23-,24-,26-/m1/s1. The zero-order valence-corrected chi connectivity index (χ0v) is 22.6. The average molecular weight is 602 g/mol. The van der Waals surface area contributed by atoms with E-state index < -0.39 is 70.9 Å². The molecule has 4 atom stereocenters. The minimum Gasteiger partial charge on any atom is -0.459 e. The van der Waals surface area contributed by atoms with Crippen LogP contribution in [0.2, 0.25) is 0 Å². The van der Waals surface area contributed by atoms with Gasteiger partial charge in [-0.15, -0.1) is 0 Å². The van der Waals surface area contributed by atoms with Gasteiger partial charge in [-0.3, -0.25) is 24.5 Å². The van der Waals surface area contributed by atoms with Crippen LogP contribution in [0.15, 0.2) is 107 Å². The second-order valence-electron chi connectivity index (χ2n) is 9.44. The van der Waals surface area contributed by atoms with Crippen LogP contribution in [0, 0.1) is 10.1 Å². The van der Waals surface area contributed by atoms with Crippen LogP contribution in [-0.4, -0.2) is 57.3 Å². The molecule has 1 N–H and O–H groups in total. The van der Waals surface area contributed by atoms with Crippen molar-refractivity contribution in [2.45, 2.75) is 24.5 Å². The molecule has 1 saturated heterocycles. The molecule has 3 aromatic carbocycles. The number of nitrogens with zero attached hydrogens (tertiary/aromatic N) is 2. The van der Waals surface area contributed by atoms with Crippen LogP contribution >= 0.6 is 0 Å². The van der Waals surface area contributed by atoms with Crippen molar-refractivity contribution >= 4 is 23.6 Å². The second-order valence-corrected chi connectivity index (χ2v) is 9.44. The highest BCUT2D eigenvalue weighted by molar-refractivity contribution is 5.91. The van der Waals surface area contributed by atoms with Crippen LogP contribution in [0.4, 0.5) is 5.69 Å². The molecule has 0 saturated carbocycles. The smallest absolute Gasteiger partial charge is 0.350 e. The highest BCUT2D eigenvalue weighted by Crippen LogP contribution is 2.35. The number of rotatable bonds is 9. The molecule has 2 heterocycles. The van der Waals surface area contributed by atoms with Crippen LogP contribution in [-0.2, 0) is 18.9 Å².